The Morgan fingerprint density at radius 3 is 2.06 bits per heavy atom. The number of hydrogen-bond donors (Lipinski definition) is 0. The quantitative estimate of drug-likeness (QED) is 0.698. The zero-order chi connectivity index (χ0) is 12.7. The first-order valence-corrected chi connectivity index (χ1v) is 4.77. The zero-order valence-corrected chi connectivity index (χ0v) is 8.81. The number of alkyl halides is 5. The second-order valence-electron chi connectivity index (χ2n) is 4.23. The number of halogens is 5. The number of carbonyl (C=O) groups excluding carboxylic acids is 1. The molecule has 1 saturated carbocycles. The molecule has 0 aromatic carbocycles. The lowest BCUT2D eigenvalue weighted by atomic mass is 10.2. The van der Waals surface area contributed by atoms with Gasteiger partial charge < -0.3 is 4.90 Å². The maximum Gasteiger partial charge on any atom is 0.463 e. The highest BCUT2D eigenvalue weighted by Crippen LogP contribution is 2.40. The van der Waals surface area contributed by atoms with Crippen molar-refractivity contribution in [3.05, 3.63) is 0 Å². The van der Waals surface area contributed by atoms with Gasteiger partial charge in [-0.1, -0.05) is 6.92 Å². The second kappa shape index (κ2) is 3.85. The number of hydrogen-bond acceptors (Lipinski definition) is 1. The summed E-state index contributed by atoms with van der Waals surface area (Å²) in [5, 5.41) is 0. The summed E-state index contributed by atoms with van der Waals surface area (Å²) in [7, 11) is 0.965. The SMILES string of the molecule is CC1CC1CN(C)C(=O)C(F)(F)C(F)(F)F. The Morgan fingerprint density at radius 2 is 1.75 bits per heavy atom. The fourth-order valence-corrected chi connectivity index (χ4v) is 1.45. The first-order chi connectivity index (χ1) is 7.07. The smallest absolute Gasteiger partial charge is 0.340 e. The Bertz CT molecular complexity index is 288. The van der Waals surface area contributed by atoms with Gasteiger partial charge in [0.05, 0.1) is 0 Å². The van der Waals surface area contributed by atoms with Crippen molar-refractivity contribution in [2.24, 2.45) is 11.8 Å². The molecule has 2 nitrogen and oxygen atoms in total. The first kappa shape index (κ1) is 13.2. The van der Waals surface area contributed by atoms with E-state index in [2.05, 4.69) is 0 Å². The fourth-order valence-electron chi connectivity index (χ4n) is 1.45. The predicted octanol–water partition coefficient (Wildman–Crippen LogP) is 2.30. The number of nitrogens with zero attached hydrogens (tertiary/aromatic N) is 1. The number of carbonyl (C=O) groups is 1. The van der Waals surface area contributed by atoms with Gasteiger partial charge in [0, 0.05) is 13.6 Å². The topological polar surface area (TPSA) is 20.3 Å². The van der Waals surface area contributed by atoms with Crippen LogP contribution in [0.2, 0.25) is 0 Å². The molecule has 7 heteroatoms. The van der Waals surface area contributed by atoms with E-state index < -0.39 is 18.0 Å². The molecule has 1 aliphatic carbocycles. The number of rotatable bonds is 3. The summed E-state index contributed by atoms with van der Waals surface area (Å²) in [6, 6.07) is 0. The van der Waals surface area contributed by atoms with Gasteiger partial charge in [-0.3, -0.25) is 4.79 Å². The Morgan fingerprint density at radius 1 is 1.31 bits per heavy atom. The minimum atomic E-state index is -5.83. The Balaban J connectivity index is 2.62. The third kappa shape index (κ3) is 2.44. The third-order valence-electron chi connectivity index (χ3n) is 2.76. The largest absolute Gasteiger partial charge is 0.463 e. The highest BCUT2D eigenvalue weighted by atomic mass is 19.4. The van der Waals surface area contributed by atoms with Crippen LogP contribution in [-0.4, -0.2) is 36.5 Å². The maximum absolute atomic E-state index is 12.6. The van der Waals surface area contributed by atoms with Crippen LogP contribution in [0.15, 0.2) is 0 Å². The Labute approximate surface area is 89.4 Å². The lowest BCUT2D eigenvalue weighted by Crippen LogP contribution is -2.51. The van der Waals surface area contributed by atoms with Crippen molar-refractivity contribution >= 4 is 5.91 Å². The van der Waals surface area contributed by atoms with Gasteiger partial charge in [-0.05, 0) is 18.3 Å². The van der Waals surface area contributed by atoms with Crippen molar-refractivity contribution in [3.63, 3.8) is 0 Å². The van der Waals surface area contributed by atoms with Crippen LogP contribution < -0.4 is 0 Å². The van der Waals surface area contributed by atoms with Crippen molar-refractivity contribution in [2.75, 3.05) is 13.6 Å². The predicted molar refractivity (Wildman–Crippen MR) is 45.9 cm³/mol. The van der Waals surface area contributed by atoms with Crippen LogP contribution in [0, 0.1) is 11.8 Å². The molecule has 2 unspecified atom stereocenters. The molecule has 16 heavy (non-hydrogen) atoms. The standard InChI is InChI=1S/C9H12F5NO/c1-5-3-6(5)4-15(2)7(16)8(10,11)9(12,13)14/h5-6H,3-4H2,1-2H3. The van der Waals surface area contributed by atoms with Crippen LogP contribution >= 0.6 is 0 Å². The summed E-state index contributed by atoms with van der Waals surface area (Å²) in [4.78, 5) is 11.4. The molecule has 0 heterocycles. The average Bonchev–Trinajstić information content (AvgIpc) is 2.78. The molecule has 0 aromatic heterocycles. The summed E-state index contributed by atoms with van der Waals surface area (Å²) >= 11 is 0. The summed E-state index contributed by atoms with van der Waals surface area (Å²) < 4.78 is 60.9. The van der Waals surface area contributed by atoms with Gasteiger partial charge in [-0.2, -0.15) is 22.0 Å². The van der Waals surface area contributed by atoms with E-state index in [4.69, 9.17) is 0 Å². The van der Waals surface area contributed by atoms with Crippen molar-refractivity contribution in [1.82, 2.24) is 4.90 Å². The van der Waals surface area contributed by atoms with Gasteiger partial charge in [0.25, 0.3) is 0 Å². The van der Waals surface area contributed by atoms with Crippen LogP contribution in [0.4, 0.5) is 22.0 Å². The van der Waals surface area contributed by atoms with Crippen molar-refractivity contribution in [2.45, 2.75) is 25.4 Å². The molecule has 1 fully saturated rings. The molecular weight excluding hydrogens is 233 g/mol. The number of amides is 1. The normalized spacial score (nSPS) is 25.4. The van der Waals surface area contributed by atoms with Gasteiger partial charge in [-0.25, -0.2) is 0 Å². The lowest BCUT2D eigenvalue weighted by Gasteiger charge is -2.24. The van der Waals surface area contributed by atoms with E-state index in [0.717, 1.165) is 13.5 Å². The minimum absolute atomic E-state index is 0.0398. The highest BCUT2D eigenvalue weighted by molar-refractivity contribution is 5.84. The Hall–Kier alpha value is -0.880. The molecule has 0 aromatic rings. The molecule has 1 aliphatic rings. The molecule has 0 bridgehead atoms. The van der Waals surface area contributed by atoms with Crippen LogP contribution in [0.25, 0.3) is 0 Å². The van der Waals surface area contributed by atoms with Crippen LogP contribution in [0.5, 0.6) is 0 Å². The van der Waals surface area contributed by atoms with E-state index >= 15 is 0 Å². The monoisotopic (exact) mass is 245 g/mol. The summed E-state index contributed by atoms with van der Waals surface area (Å²) in [6.45, 7) is 1.80. The van der Waals surface area contributed by atoms with Gasteiger partial charge in [0.15, 0.2) is 0 Å². The lowest BCUT2D eigenvalue weighted by molar-refractivity contribution is -0.274. The average molecular weight is 245 g/mol. The highest BCUT2D eigenvalue weighted by Gasteiger charge is 2.64. The molecule has 1 amide bonds. The van der Waals surface area contributed by atoms with E-state index in [1.165, 1.54) is 0 Å². The molecule has 0 N–H and O–H groups in total. The molecular formula is C9H12F5NO. The van der Waals surface area contributed by atoms with Gasteiger partial charge >= 0.3 is 18.0 Å². The van der Waals surface area contributed by atoms with E-state index in [1.54, 1.807) is 0 Å². The zero-order valence-electron chi connectivity index (χ0n) is 8.81. The molecule has 0 spiro atoms. The third-order valence-corrected chi connectivity index (χ3v) is 2.76. The molecule has 0 radical (unpaired) electrons. The maximum atomic E-state index is 12.6. The van der Waals surface area contributed by atoms with E-state index in [0.29, 0.717) is 4.90 Å². The summed E-state index contributed by atoms with van der Waals surface area (Å²) in [5.41, 5.74) is 0. The van der Waals surface area contributed by atoms with Crippen molar-refractivity contribution < 1.29 is 26.7 Å². The summed E-state index contributed by atoms with van der Waals surface area (Å²) in [5.74, 6) is -7.15. The minimum Gasteiger partial charge on any atom is -0.340 e. The summed E-state index contributed by atoms with van der Waals surface area (Å²) in [6.07, 6.45) is -5.07. The molecule has 2 atom stereocenters. The van der Waals surface area contributed by atoms with Crippen LogP contribution in [0.3, 0.4) is 0 Å². The first-order valence-electron chi connectivity index (χ1n) is 4.77. The van der Waals surface area contributed by atoms with Gasteiger partial charge in [0.1, 0.15) is 0 Å². The van der Waals surface area contributed by atoms with Crippen molar-refractivity contribution in [3.8, 4) is 0 Å². The Kier molecular flexibility index (Phi) is 3.17. The van der Waals surface area contributed by atoms with Crippen molar-refractivity contribution in [1.29, 1.82) is 0 Å². The molecule has 1 rings (SSSR count). The van der Waals surface area contributed by atoms with E-state index in [1.807, 2.05) is 6.92 Å². The van der Waals surface area contributed by atoms with E-state index in [9.17, 15) is 26.7 Å². The van der Waals surface area contributed by atoms with E-state index in [-0.39, 0.29) is 18.4 Å². The second-order valence-corrected chi connectivity index (χ2v) is 4.23. The van der Waals surface area contributed by atoms with Crippen LogP contribution in [-0.2, 0) is 4.79 Å². The molecule has 94 valence electrons. The molecule has 0 aliphatic heterocycles. The molecule has 0 saturated heterocycles. The van der Waals surface area contributed by atoms with Gasteiger partial charge in [0.2, 0.25) is 0 Å². The van der Waals surface area contributed by atoms with Gasteiger partial charge in [-0.15, -0.1) is 0 Å². The fraction of sp³-hybridized carbons (Fsp3) is 0.889. The van der Waals surface area contributed by atoms with Crippen LogP contribution in [0.1, 0.15) is 13.3 Å².